The van der Waals surface area contributed by atoms with Crippen LogP contribution in [0.4, 0.5) is 18.9 Å². The van der Waals surface area contributed by atoms with Gasteiger partial charge in [0.25, 0.3) is 0 Å². The lowest BCUT2D eigenvalue weighted by Gasteiger charge is -2.10. The van der Waals surface area contributed by atoms with Crippen molar-refractivity contribution in [3.05, 3.63) is 42.0 Å². The van der Waals surface area contributed by atoms with Gasteiger partial charge in [-0.05, 0) is 43.0 Å². The van der Waals surface area contributed by atoms with Gasteiger partial charge in [-0.15, -0.1) is 0 Å². The summed E-state index contributed by atoms with van der Waals surface area (Å²) in [5.41, 5.74) is -0.329. The van der Waals surface area contributed by atoms with Gasteiger partial charge in [-0.3, -0.25) is 4.79 Å². The van der Waals surface area contributed by atoms with Gasteiger partial charge in [0.05, 0.1) is 5.56 Å². The third kappa shape index (κ3) is 3.84. The van der Waals surface area contributed by atoms with Gasteiger partial charge in [0.15, 0.2) is 0 Å². The molecule has 0 spiro atoms. The Hall–Kier alpha value is -1.78. The second-order valence-electron chi connectivity index (χ2n) is 4.59. The van der Waals surface area contributed by atoms with Crippen molar-refractivity contribution in [2.75, 3.05) is 5.32 Å². The molecule has 1 aliphatic rings. The van der Waals surface area contributed by atoms with E-state index in [2.05, 4.69) is 5.32 Å². The molecule has 0 bridgehead atoms. The summed E-state index contributed by atoms with van der Waals surface area (Å²) in [5, 5.41) is 2.61. The van der Waals surface area contributed by atoms with E-state index in [0.29, 0.717) is 12.1 Å². The van der Waals surface area contributed by atoms with E-state index in [1.807, 2.05) is 12.2 Å². The summed E-state index contributed by atoms with van der Waals surface area (Å²) in [6, 6.07) is 4.46. The van der Waals surface area contributed by atoms with E-state index in [4.69, 9.17) is 0 Å². The highest BCUT2D eigenvalue weighted by Gasteiger charge is 2.30. The molecular weight excluding hydrogens is 255 g/mol. The quantitative estimate of drug-likeness (QED) is 0.826. The van der Waals surface area contributed by atoms with E-state index in [9.17, 15) is 18.0 Å². The minimum absolute atomic E-state index is 0.170. The van der Waals surface area contributed by atoms with Gasteiger partial charge in [-0.2, -0.15) is 13.2 Å². The lowest BCUT2D eigenvalue weighted by molar-refractivity contribution is -0.137. The zero-order valence-electron chi connectivity index (χ0n) is 10.2. The lowest BCUT2D eigenvalue weighted by atomic mass is 10.0. The van der Waals surface area contributed by atoms with Crippen molar-refractivity contribution in [3.8, 4) is 0 Å². The Morgan fingerprint density at radius 1 is 1.26 bits per heavy atom. The van der Waals surface area contributed by atoms with Crippen molar-refractivity contribution in [3.63, 3.8) is 0 Å². The number of allylic oxidation sites excluding steroid dienone is 2. The Morgan fingerprint density at radius 3 is 2.47 bits per heavy atom. The molecule has 5 heteroatoms. The number of alkyl halides is 3. The summed E-state index contributed by atoms with van der Waals surface area (Å²) in [4.78, 5) is 11.7. The van der Waals surface area contributed by atoms with Gasteiger partial charge in [0.2, 0.25) is 5.91 Å². The smallest absolute Gasteiger partial charge is 0.326 e. The van der Waals surface area contributed by atoms with Crippen LogP contribution in [-0.4, -0.2) is 5.91 Å². The highest BCUT2D eigenvalue weighted by atomic mass is 19.4. The fraction of sp³-hybridized carbons (Fsp3) is 0.357. The molecule has 1 amide bonds. The molecule has 1 unspecified atom stereocenters. The molecular formula is C14H14F3NO. The maximum absolute atomic E-state index is 12.4. The fourth-order valence-electron chi connectivity index (χ4n) is 2.06. The summed E-state index contributed by atoms with van der Waals surface area (Å²) < 4.78 is 37.1. The van der Waals surface area contributed by atoms with Crippen molar-refractivity contribution in [2.24, 2.45) is 5.92 Å². The van der Waals surface area contributed by atoms with Crippen LogP contribution in [0, 0.1) is 5.92 Å². The minimum Gasteiger partial charge on any atom is -0.326 e. The zero-order chi connectivity index (χ0) is 13.9. The first-order valence-electron chi connectivity index (χ1n) is 6.09. The average molecular weight is 269 g/mol. The molecule has 1 aromatic carbocycles. The van der Waals surface area contributed by atoms with E-state index in [-0.39, 0.29) is 11.8 Å². The number of rotatable bonds is 3. The van der Waals surface area contributed by atoms with E-state index in [0.717, 1.165) is 25.0 Å². The van der Waals surface area contributed by atoms with Crippen LogP contribution < -0.4 is 5.32 Å². The molecule has 0 aliphatic heterocycles. The zero-order valence-corrected chi connectivity index (χ0v) is 10.2. The first kappa shape index (κ1) is 13.6. The maximum Gasteiger partial charge on any atom is 0.416 e. The predicted molar refractivity (Wildman–Crippen MR) is 66.6 cm³/mol. The Kier molecular flexibility index (Phi) is 3.93. The third-order valence-corrected chi connectivity index (χ3v) is 3.06. The number of hydrogen-bond acceptors (Lipinski definition) is 1. The molecule has 0 heterocycles. The number of nitrogens with one attached hydrogen (secondary N) is 1. The third-order valence-electron chi connectivity index (χ3n) is 3.06. The number of benzene rings is 1. The van der Waals surface area contributed by atoms with Crippen molar-refractivity contribution < 1.29 is 18.0 Å². The molecule has 0 saturated heterocycles. The highest BCUT2D eigenvalue weighted by molar-refractivity contribution is 5.91. The van der Waals surface area contributed by atoms with Crippen molar-refractivity contribution in [2.45, 2.75) is 25.4 Å². The van der Waals surface area contributed by atoms with Crippen LogP contribution in [0.3, 0.4) is 0 Å². The van der Waals surface area contributed by atoms with E-state index >= 15 is 0 Å². The molecule has 0 radical (unpaired) electrons. The standard InChI is InChI=1S/C14H14F3NO/c15-14(16,17)11-5-7-12(8-6-11)18-13(19)9-10-3-1-2-4-10/h1,3,5-8,10H,2,4,9H2,(H,18,19). The molecule has 1 atom stereocenters. The molecule has 2 rings (SSSR count). The molecule has 1 aromatic rings. The Labute approximate surface area is 109 Å². The SMILES string of the molecule is O=C(CC1C=CCC1)Nc1ccc(C(F)(F)F)cc1. The summed E-state index contributed by atoms with van der Waals surface area (Å²) in [7, 11) is 0. The normalized spacial score (nSPS) is 18.6. The molecule has 1 N–H and O–H groups in total. The molecule has 2 nitrogen and oxygen atoms in total. The number of amides is 1. The van der Waals surface area contributed by atoms with Gasteiger partial charge in [0, 0.05) is 12.1 Å². The van der Waals surface area contributed by atoms with E-state index < -0.39 is 11.7 Å². The van der Waals surface area contributed by atoms with Crippen LogP contribution in [-0.2, 0) is 11.0 Å². The van der Waals surface area contributed by atoms with E-state index in [1.54, 1.807) is 0 Å². The van der Waals surface area contributed by atoms with Gasteiger partial charge in [-0.25, -0.2) is 0 Å². The molecule has 102 valence electrons. The van der Waals surface area contributed by atoms with Crippen molar-refractivity contribution in [1.29, 1.82) is 0 Å². The Balaban J connectivity index is 1.92. The van der Waals surface area contributed by atoms with Crippen LogP contribution in [0.5, 0.6) is 0 Å². The summed E-state index contributed by atoms with van der Waals surface area (Å²) in [6.07, 6.45) is 2.01. The minimum atomic E-state index is -4.35. The van der Waals surface area contributed by atoms with Gasteiger partial charge in [-0.1, -0.05) is 12.2 Å². The van der Waals surface area contributed by atoms with Crippen LogP contribution >= 0.6 is 0 Å². The van der Waals surface area contributed by atoms with Crippen LogP contribution in [0.15, 0.2) is 36.4 Å². The Bertz CT molecular complexity index is 476. The monoisotopic (exact) mass is 269 g/mol. The second-order valence-corrected chi connectivity index (χ2v) is 4.59. The molecule has 0 saturated carbocycles. The van der Waals surface area contributed by atoms with Gasteiger partial charge >= 0.3 is 6.18 Å². The first-order chi connectivity index (χ1) is 8.95. The number of carbonyl (C=O) groups is 1. The van der Waals surface area contributed by atoms with Crippen LogP contribution in [0.2, 0.25) is 0 Å². The molecule has 0 aromatic heterocycles. The average Bonchev–Trinajstić information content (AvgIpc) is 2.81. The number of hydrogen-bond donors (Lipinski definition) is 1. The highest BCUT2D eigenvalue weighted by Crippen LogP contribution is 2.30. The van der Waals surface area contributed by atoms with Crippen molar-refractivity contribution in [1.82, 2.24) is 0 Å². The maximum atomic E-state index is 12.4. The summed E-state index contributed by atoms with van der Waals surface area (Å²) >= 11 is 0. The van der Waals surface area contributed by atoms with Crippen LogP contribution in [0.1, 0.15) is 24.8 Å². The lowest BCUT2D eigenvalue weighted by Crippen LogP contribution is -2.15. The van der Waals surface area contributed by atoms with Crippen LogP contribution in [0.25, 0.3) is 0 Å². The molecule has 19 heavy (non-hydrogen) atoms. The van der Waals surface area contributed by atoms with Gasteiger partial charge in [0.1, 0.15) is 0 Å². The fourth-order valence-corrected chi connectivity index (χ4v) is 2.06. The second kappa shape index (κ2) is 5.47. The number of carbonyl (C=O) groups excluding carboxylic acids is 1. The predicted octanol–water partition coefficient (Wildman–Crippen LogP) is 4.00. The first-order valence-corrected chi connectivity index (χ1v) is 6.09. The van der Waals surface area contributed by atoms with Gasteiger partial charge < -0.3 is 5.32 Å². The topological polar surface area (TPSA) is 29.1 Å². The number of halogens is 3. The number of anilines is 1. The van der Waals surface area contributed by atoms with Crippen molar-refractivity contribution >= 4 is 11.6 Å². The Morgan fingerprint density at radius 2 is 1.95 bits per heavy atom. The van der Waals surface area contributed by atoms with E-state index in [1.165, 1.54) is 12.1 Å². The molecule has 0 fully saturated rings. The molecule has 1 aliphatic carbocycles. The summed E-state index contributed by atoms with van der Waals surface area (Å²) in [6.45, 7) is 0. The largest absolute Gasteiger partial charge is 0.416 e. The summed E-state index contributed by atoms with van der Waals surface area (Å²) in [5.74, 6) is 0.0748.